The SMILES string of the molecule is Fc1ccccc1Nc1ncnc2c1cnn2C1CCNCC1. The van der Waals surface area contributed by atoms with Gasteiger partial charge in [0.2, 0.25) is 0 Å². The van der Waals surface area contributed by atoms with E-state index in [1.54, 1.807) is 24.4 Å². The number of hydrogen-bond acceptors (Lipinski definition) is 5. The van der Waals surface area contributed by atoms with Crippen molar-refractivity contribution < 1.29 is 4.39 Å². The predicted molar refractivity (Wildman–Crippen MR) is 86.1 cm³/mol. The number of nitrogens with one attached hydrogen (secondary N) is 2. The molecule has 0 saturated carbocycles. The number of aromatic nitrogens is 4. The standard InChI is InChI=1S/C16H17FN6/c17-13-3-1-2-4-14(13)22-15-12-9-21-23(16(12)20-10-19-15)11-5-7-18-8-6-11/h1-4,9-11,18H,5-8H2,(H,19,20,22). The molecular formula is C16H17FN6. The van der Waals surface area contributed by atoms with Crippen LogP contribution in [0.15, 0.2) is 36.8 Å². The molecule has 0 bridgehead atoms. The van der Waals surface area contributed by atoms with Crippen LogP contribution in [0.5, 0.6) is 0 Å². The number of fused-ring (bicyclic) bond motifs is 1. The Morgan fingerprint density at radius 2 is 2.00 bits per heavy atom. The molecule has 1 aliphatic heterocycles. The van der Waals surface area contributed by atoms with Crippen LogP contribution in [-0.2, 0) is 0 Å². The van der Waals surface area contributed by atoms with Gasteiger partial charge >= 0.3 is 0 Å². The van der Waals surface area contributed by atoms with E-state index in [1.807, 2.05) is 4.68 Å². The molecule has 23 heavy (non-hydrogen) atoms. The Kier molecular flexibility index (Phi) is 3.63. The summed E-state index contributed by atoms with van der Waals surface area (Å²) in [4.78, 5) is 8.62. The molecule has 7 heteroatoms. The molecule has 1 aromatic carbocycles. The van der Waals surface area contributed by atoms with Gasteiger partial charge in [-0.3, -0.25) is 0 Å². The van der Waals surface area contributed by atoms with Crippen LogP contribution in [0, 0.1) is 5.82 Å². The highest BCUT2D eigenvalue weighted by Crippen LogP contribution is 2.27. The quantitative estimate of drug-likeness (QED) is 0.778. The molecule has 0 atom stereocenters. The van der Waals surface area contributed by atoms with E-state index >= 15 is 0 Å². The summed E-state index contributed by atoms with van der Waals surface area (Å²) in [7, 11) is 0. The van der Waals surface area contributed by atoms with Crippen molar-refractivity contribution in [1.82, 2.24) is 25.1 Å². The number of nitrogens with zero attached hydrogens (tertiary/aromatic N) is 4. The lowest BCUT2D eigenvalue weighted by molar-refractivity contribution is 0.349. The highest BCUT2D eigenvalue weighted by atomic mass is 19.1. The van der Waals surface area contributed by atoms with Crippen molar-refractivity contribution in [3.63, 3.8) is 0 Å². The molecule has 0 aliphatic carbocycles. The first-order valence-electron chi connectivity index (χ1n) is 7.73. The molecule has 0 amide bonds. The van der Waals surface area contributed by atoms with Gasteiger partial charge in [-0.2, -0.15) is 5.10 Å². The highest BCUT2D eigenvalue weighted by molar-refractivity contribution is 5.88. The van der Waals surface area contributed by atoms with Crippen LogP contribution in [0.1, 0.15) is 18.9 Å². The van der Waals surface area contributed by atoms with Crippen molar-refractivity contribution in [3.05, 3.63) is 42.6 Å². The van der Waals surface area contributed by atoms with Crippen molar-refractivity contribution in [1.29, 1.82) is 0 Å². The van der Waals surface area contributed by atoms with Gasteiger partial charge in [0.15, 0.2) is 5.65 Å². The molecule has 0 radical (unpaired) electrons. The second kappa shape index (κ2) is 5.92. The van der Waals surface area contributed by atoms with E-state index in [1.165, 1.54) is 12.4 Å². The molecule has 3 aromatic rings. The Morgan fingerprint density at radius 3 is 2.83 bits per heavy atom. The molecule has 0 spiro atoms. The summed E-state index contributed by atoms with van der Waals surface area (Å²) in [5.41, 5.74) is 1.17. The zero-order chi connectivity index (χ0) is 15.6. The summed E-state index contributed by atoms with van der Waals surface area (Å²) in [6, 6.07) is 6.87. The van der Waals surface area contributed by atoms with Crippen LogP contribution in [0.2, 0.25) is 0 Å². The minimum Gasteiger partial charge on any atom is -0.337 e. The van der Waals surface area contributed by atoms with E-state index < -0.39 is 0 Å². The van der Waals surface area contributed by atoms with Crippen LogP contribution < -0.4 is 10.6 Å². The van der Waals surface area contributed by atoms with E-state index in [4.69, 9.17) is 0 Å². The Labute approximate surface area is 132 Å². The molecule has 4 rings (SSSR count). The maximum Gasteiger partial charge on any atom is 0.163 e. The van der Waals surface area contributed by atoms with E-state index in [2.05, 4.69) is 25.7 Å². The third-order valence-corrected chi connectivity index (χ3v) is 4.17. The second-order valence-corrected chi connectivity index (χ2v) is 5.63. The van der Waals surface area contributed by atoms with Gasteiger partial charge in [-0.1, -0.05) is 12.1 Å². The van der Waals surface area contributed by atoms with Gasteiger partial charge in [0.05, 0.1) is 23.3 Å². The molecule has 1 fully saturated rings. The number of rotatable bonds is 3. The molecular weight excluding hydrogens is 295 g/mol. The van der Waals surface area contributed by atoms with Crippen LogP contribution in [0.3, 0.4) is 0 Å². The first-order chi connectivity index (χ1) is 11.3. The molecule has 1 aliphatic rings. The molecule has 6 nitrogen and oxygen atoms in total. The van der Waals surface area contributed by atoms with E-state index in [9.17, 15) is 4.39 Å². The number of benzene rings is 1. The molecule has 118 valence electrons. The lowest BCUT2D eigenvalue weighted by Crippen LogP contribution is -2.29. The number of hydrogen-bond donors (Lipinski definition) is 2. The monoisotopic (exact) mass is 312 g/mol. The summed E-state index contributed by atoms with van der Waals surface area (Å²) in [6.45, 7) is 1.97. The molecule has 0 unspecified atom stereocenters. The molecule has 2 aromatic heterocycles. The summed E-state index contributed by atoms with van der Waals surface area (Å²) in [5, 5.41) is 11.7. The third kappa shape index (κ3) is 2.63. The number of anilines is 2. The van der Waals surface area contributed by atoms with Gasteiger partial charge in [0, 0.05) is 0 Å². The summed E-state index contributed by atoms with van der Waals surface area (Å²) >= 11 is 0. The fraction of sp³-hybridized carbons (Fsp3) is 0.312. The van der Waals surface area contributed by atoms with Crippen molar-refractivity contribution in [2.45, 2.75) is 18.9 Å². The maximum atomic E-state index is 13.8. The minimum absolute atomic E-state index is 0.315. The summed E-state index contributed by atoms with van der Waals surface area (Å²) < 4.78 is 15.8. The fourth-order valence-corrected chi connectivity index (χ4v) is 2.97. The topological polar surface area (TPSA) is 67.7 Å². The smallest absolute Gasteiger partial charge is 0.163 e. The highest BCUT2D eigenvalue weighted by Gasteiger charge is 2.20. The Balaban J connectivity index is 1.71. The van der Waals surface area contributed by atoms with E-state index in [0.717, 1.165) is 37.0 Å². The first-order valence-corrected chi connectivity index (χ1v) is 7.73. The van der Waals surface area contributed by atoms with E-state index in [0.29, 0.717) is 17.5 Å². The third-order valence-electron chi connectivity index (χ3n) is 4.17. The van der Waals surface area contributed by atoms with Gasteiger partial charge in [0.1, 0.15) is 18.0 Å². The van der Waals surface area contributed by atoms with Crippen molar-refractivity contribution in [2.75, 3.05) is 18.4 Å². The number of piperidine rings is 1. The molecule has 2 N–H and O–H groups in total. The Bertz CT molecular complexity index is 824. The fourth-order valence-electron chi connectivity index (χ4n) is 2.97. The lowest BCUT2D eigenvalue weighted by atomic mass is 10.1. The lowest BCUT2D eigenvalue weighted by Gasteiger charge is -2.23. The largest absolute Gasteiger partial charge is 0.337 e. The zero-order valence-corrected chi connectivity index (χ0v) is 12.5. The van der Waals surface area contributed by atoms with Gasteiger partial charge in [-0.25, -0.2) is 19.0 Å². The van der Waals surface area contributed by atoms with Gasteiger partial charge in [-0.15, -0.1) is 0 Å². The minimum atomic E-state index is -0.315. The normalized spacial score (nSPS) is 15.9. The van der Waals surface area contributed by atoms with Crippen molar-refractivity contribution in [3.8, 4) is 0 Å². The van der Waals surface area contributed by atoms with Crippen LogP contribution in [0.4, 0.5) is 15.9 Å². The molecule has 1 saturated heterocycles. The van der Waals surface area contributed by atoms with Gasteiger partial charge in [0.25, 0.3) is 0 Å². The van der Waals surface area contributed by atoms with Gasteiger partial charge in [-0.05, 0) is 38.1 Å². The zero-order valence-electron chi connectivity index (χ0n) is 12.5. The number of halogens is 1. The van der Waals surface area contributed by atoms with Crippen molar-refractivity contribution in [2.24, 2.45) is 0 Å². The van der Waals surface area contributed by atoms with Crippen LogP contribution >= 0.6 is 0 Å². The molecule has 3 heterocycles. The Morgan fingerprint density at radius 1 is 1.17 bits per heavy atom. The maximum absolute atomic E-state index is 13.8. The summed E-state index contributed by atoms with van der Waals surface area (Å²) in [5.74, 6) is 0.255. The Hall–Kier alpha value is -2.54. The predicted octanol–water partition coefficient (Wildman–Crippen LogP) is 2.63. The first kappa shape index (κ1) is 14.1. The average Bonchev–Trinajstić information content (AvgIpc) is 3.03. The average molecular weight is 312 g/mol. The van der Waals surface area contributed by atoms with Gasteiger partial charge < -0.3 is 10.6 Å². The van der Waals surface area contributed by atoms with E-state index in [-0.39, 0.29) is 5.82 Å². The second-order valence-electron chi connectivity index (χ2n) is 5.63. The number of para-hydroxylation sites is 1. The van der Waals surface area contributed by atoms with Crippen molar-refractivity contribution >= 4 is 22.5 Å². The van der Waals surface area contributed by atoms with Crippen LogP contribution in [0.25, 0.3) is 11.0 Å². The summed E-state index contributed by atoms with van der Waals surface area (Å²) in [6.07, 6.45) is 5.29. The van der Waals surface area contributed by atoms with Crippen LogP contribution in [-0.4, -0.2) is 32.8 Å².